The molecule has 19 heavy (non-hydrogen) atoms. The molecule has 0 aliphatic heterocycles. The van der Waals surface area contributed by atoms with Gasteiger partial charge in [-0.25, -0.2) is 0 Å². The van der Waals surface area contributed by atoms with Gasteiger partial charge in [0, 0.05) is 0 Å². The van der Waals surface area contributed by atoms with Crippen molar-refractivity contribution >= 4 is 0 Å². The van der Waals surface area contributed by atoms with Crippen molar-refractivity contribution < 1.29 is 20.4 Å². The minimum absolute atomic E-state index is 0.410. The van der Waals surface area contributed by atoms with Crippen LogP contribution in [0.15, 0.2) is 0 Å². The van der Waals surface area contributed by atoms with Gasteiger partial charge in [-0.05, 0) is 37.5 Å². The largest absolute Gasteiger partial charge is 0.395 e. The Morgan fingerprint density at radius 2 is 1.05 bits per heavy atom. The molecule has 0 fully saturated rings. The van der Waals surface area contributed by atoms with E-state index in [1.54, 1.807) is 0 Å². The second-order valence-corrected chi connectivity index (χ2v) is 6.65. The molecule has 0 saturated heterocycles. The summed E-state index contributed by atoms with van der Waals surface area (Å²) in [5.74, 6) is 0.860. The average molecular weight is 276 g/mol. The summed E-state index contributed by atoms with van der Waals surface area (Å²) in [7, 11) is 0. The standard InChI is InChI=1S/C15H32O4/c1-12(2)5-7-15(19,8-6-13(3)4)14(9-16,10-17)11-18/h12-13,16-19H,5-11H2,1-4H3. The number of aliphatic hydroxyl groups is 4. The van der Waals surface area contributed by atoms with E-state index in [-0.39, 0.29) is 0 Å². The van der Waals surface area contributed by atoms with E-state index in [0.717, 1.165) is 12.8 Å². The Morgan fingerprint density at radius 3 is 1.26 bits per heavy atom. The Kier molecular flexibility index (Phi) is 8.13. The molecular weight excluding hydrogens is 244 g/mol. The van der Waals surface area contributed by atoms with E-state index in [9.17, 15) is 20.4 Å². The molecule has 0 radical (unpaired) electrons. The van der Waals surface area contributed by atoms with E-state index >= 15 is 0 Å². The number of hydrogen-bond acceptors (Lipinski definition) is 4. The molecule has 4 N–H and O–H groups in total. The van der Waals surface area contributed by atoms with Gasteiger partial charge in [-0.15, -0.1) is 0 Å². The first-order valence-corrected chi connectivity index (χ1v) is 7.32. The van der Waals surface area contributed by atoms with Crippen molar-refractivity contribution in [2.45, 2.75) is 59.0 Å². The minimum atomic E-state index is -1.23. The van der Waals surface area contributed by atoms with Crippen LogP contribution < -0.4 is 0 Å². The van der Waals surface area contributed by atoms with Gasteiger partial charge in [0.2, 0.25) is 0 Å². The van der Waals surface area contributed by atoms with Crippen molar-refractivity contribution in [3.8, 4) is 0 Å². The van der Waals surface area contributed by atoms with Crippen molar-refractivity contribution in [1.82, 2.24) is 0 Å². The highest BCUT2D eigenvalue weighted by atomic mass is 16.3. The smallest absolute Gasteiger partial charge is 0.0770 e. The van der Waals surface area contributed by atoms with Gasteiger partial charge in [0.15, 0.2) is 0 Å². The summed E-state index contributed by atoms with van der Waals surface area (Å²) < 4.78 is 0. The lowest BCUT2D eigenvalue weighted by Gasteiger charge is -2.45. The highest BCUT2D eigenvalue weighted by Gasteiger charge is 2.48. The van der Waals surface area contributed by atoms with Gasteiger partial charge < -0.3 is 20.4 Å². The normalized spacial score (nSPS) is 13.6. The van der Waals surface area contributed by atoms with Gasteiger partial charge in [0.05, 0.1) is 30.8 Å². The van der Waals surface area contributed by atoms with Crippen LogP contribution in [-0.2, 0) is 0 Å². The predicted molar refractivity (Wildman–Crippen MR) is 76.8 cm³/mol. The van der Waals surface area contributed by atoms with Crippen LogP contribution in [0.1, 0.15) is 53.4 Å². The fourth-order valence-corrected chi connectivity index (χ4v) is 2.30. The zero-order chi connectivity index (χ0) is 15.1. The van der Waals surface area contributed by atoms with Gasteiger partial charge >= 0.3 is 0 Å². The zero-order valence-electron chi connectivity index (χ0n) is 12.9. The lowest BCUT2D eigenvalue weighted by Crippen LogP contribution is -2.55. The molecule has 0 aliphatic carbocycles. The summed E-state index contributed by atoms with van der Waals surface area (Å²) in [6.07, 6.45) is 2.57. The van der Waals surface area contributed by atoms with Crippen molar-refractivity contribution in [3.05, 3.63) is 0 Å². The van der Waals surface area contributed by atoms with Crippen LogP contribution in [-0.4, -0.2) is 45.8 Å². The Labute approximate surface area is 117 Å². The van der Waals surface area contributed by atoms with Crippen molar-refractivity contribution in [2.75, 3.05) is 19.8 Å². The molecular formula is C15H32O4. The van der Waals surface area contributed by atoms with Crippen LogP contribution in [0.5, 0.6) is 0 Å². The minimum Gasteiger partial charge on any atom is -0.395 e. The average Bonchev–Trinajstić information content (AvgIpc) is 2.37. The molecule has 0 heterocycles. The molecule has 0 aromatic heterocycles. The number of rotatable bonds is 10. The van der Waals surface area contributed by atoms with Gasteiger partial charge in [-0.1, -0.05) is 27.7 Å². The summed E-state index contributed by atoms with van der Waals surface area (Å²) in [6.45, 7) is 7.05. The van der Waals surface area contributed by atoms with Crippen molar-refractivity contribution in [3.63, 3.8) is 0 Å². The third kappa shape index (κ3) is 5.03. The monoisotopic (exact) mass is 276 g/mol. The molecule has 0 rings (SSSR count). The topological polar surface area (TPSA) is 80.9 Å². The second kappa shape index (κ2) is 8.20. The first-order valence-electron chi connectivity index (χ1n) is 7.32. The predicted octanol–water partition coefficient (Wildman–Crippen LogP) is 1.55. The zero-order valence-corrected chi connectivity index (χ0v) is 12.9. The molecule has 4 nitrogen and oxygen atoms in total. The van der Waals surface area contributed by atoms with E-state index in [1.807, 2.05) is 0 Å². The SMILES string of the molecule is CC(C)CCC(O)(CCC(C)C)C(CO)(CO)CO. The maximum atomic E-state index is 10.9. The summed E-state index contributed by atoms with van der Waals surface area (Å²) in [4.78, 5) is 0. The quantitative estimate of drug-likeness (QED) is 0.488. The molecule has 116 valence electrons. The molecule has 0 amide bonds. The molecule has 0 saturated carbocycles. The fourth-order valence-electron chi connectivity index (χ4n) is 2.30. The Morgan fingerprint density at radius 1 is 0.737 bits per heavy atom. The lowest BCUT2D eigenvalue weighted by atomic mass is 9.67. The lowest BCUT2D eigenvalue weighted by molar-refractivity contribution is -0.164. The van der Waals surface area contributed by atoms with Crippen molar-refractivity contribution in [2.24, 2.45) is 17.3 Å². The maximum Gasteiger partial charge on any atom is 0.0770 e. The molecule has 0 unspecified atom stereocenters. The third-order valence-corrected chi connectivity index (χ3v) is 4.17. The molecule has 0 spiro atoms. The summed E-state index contributed by atoms with van der Waals surface area (Å²) in [5, 5.41) is 39.6. The van der Waals surface area contributed by atoms with Gasteiger partial charge in [-0.3, -0.25) is 0 Å². The molecule has 0 aromatic carbocycles. The highest BCUT2D eigenvalue weighted by molar-refractivity contribution is 4.98. The number of aliphatic hydroxyl groups excluding tert-OH is 3. The summed E-state index contributed by atoms with van der Waals surface area (Å²) in [5.41, 5.74) is -2.45. The Balaban J connectivity index is 5.09. The van der Waals surface area contributed by atoms with Gasteiger partial charge in [0.1, 0.15) is 0 Å². The van der Waals surface area contributed by atoms with Crippen LogP contribution >= 0.6 is 0 Å². The van der Waals surface area contributed by atoms with E-state index in [2.05, 4.69) is 27.7 Å². The third-order valence-electron chi connectivity index (χ3n) is 4.17. The van der Waals surface area contributed by atoms with E-state index in [0.29, 0.717) is 24.7 Å². The van der Waals surface area contributed by atoms with Crippen LogP contribution in [0.4, 0.5) is 0 Å². The van der Waals surface area contributed by atoms with E-state index < -0.39 is 30.8 Å². The van der Waals surface area contributed by atoms with Crippen LogP contribution in [0.25, 0.3) is 0 Å². The first-order chi connectivity index (χ1) is 8.76. The molecule has 0 aliphatic rings. The summed E-state index contributed by atoms with van der Waals surface area (Å²) in [6, 6.07) is 0. The van der Waals surface area contributed by atoms with Crippen LogP contribution in [0, 0.1) is 17.3 Å². The molecule has 0 aromatic rings. The molecule has 4 heteroatoms. The maximum absolute atomic E-state index is 10.9. The van der Waals surface area contributed by atoms with Crippen LogP contribution in [0.2, 0.25) is 0 Å². The Hall–Kier alpha value is -0.160. The molecule has 0 atom stereocenters. The first kappa shape index (κ1) is 18.8. The Bertz CT molecular complexity index is 214. The number of hydrogen-bond donors (Lipinski definition) is 4. The van der Waals surface area contributed by atoms with Crippen molar-refractivity contribution in [1.29, 1.82) is 0 Å². The second-order valence-electron chi connectivity index (χ2n) is 6.65. The van der Waals surface area contributed by atoms with Gasteiger partial charge in [-0.2, -0.15) is 0 Å². The van der Waals surface area contributed by atoms with E-state index in [4.69, 9.17) is 0 Å². The molecule has 0 bridgehead atoms. The van der Waals surface area contributed by atoms with Gasteiger partial charge in [0.25, 0.3) is 0 Å². The highest BCUT2D eigenvalue weighted by Crippen LogP contribution is 2.39. The van der Waals surface area contributed by atoms with Crippen LogP contribution in [0.3, 0.4) is 0 Å². The fraction of sp³-hybridized carbons (Fsp3) is 1.00. The summed E-state index contributed by atoms with van der Waals surface area (Å²) >= 11 is 0. The van der Waals surface area contributed by atoms with E-state index in [1.165, 1.54) is 0 Å².